The zero-order valence-corrected chi connectivity index (χ0v) is 18.8. The van der Waals surface area contributed by atoms with Gasteiger partial charge in [-0.3, -0.25) is 4.79 Å². The van der Waals surface area contributed by atoms with Gasteiger partial charge in [0.15, 0.2) is 0 Å². The highest BCUT2D eigenvalue weighted by molar-refractivity contribution is 6.30. The van der Waals surface area contributed by atoms with Gasteiger partial charge in [-0.15, -0.1) is 0 Å². The molecule has 0 saturated heterocycles. The Morgan fingerprint density at radius 1 is 1.19 bits per heavy atom. The Hall–Kier alpha value is -2.68. The van der Waals surface area contributed by atoms with Crippen LogP contribution in [0.1, 0.15) is 49.2 Å². The first-order valence-corrected chi connectivity index (χ1v) is 10.1. The molecular weight excluding hydrogens is 421 g/mol. The summed E-state index contributed by atoms with van der Waals surface area (Å²) in [6, 6.07) is 10.8. The Morgan fingerprint density at radius 2 is 1.84 bits per heavy atom. The van der Waals surface area contributed by atoms with Gasteiger partial charge in [-0.1, -0.05) is 23.7 Å². The number of hydrogen-bond donors (Lipinski definition) is 4. The van der Waals surface area contributed by atoms with Crippen molar-refractivity contribution in [3.8, 4) is 5.75 Å². The summed E-state index contributed by atoms with van der Waals surface area (Å²) in [6.07, 6.45) is -0.221. The molecule has 31 heavy (non-hydrogen) atoms. The van der Waals surface area contributed by atoms with Crippen molar-refractivity contribution in [2.45, 2.75) is 44.9 Å². The molecule has 2 atom stereocenters. The number of halogens is 2. The molecule has 9 heteroatoms. The van der Waals surface area contributed by atoms with Gasteiger partial charge < -0.3 is 26.8 Å². The number of methoxy groups -OCH3 is 1. The normalized spacial score (nSPS) is 14.0. The van der Waals surface area contributed by atoms with Gasteiger partial charge in [-0.2, -0.15) is 4.99 Å². The highest BCUT2D eigenvalue weighted by Crippen LogP contribution is 2.19. The van der Waals surface area contributed by atoms with Gasteiger partial charge in [0.05, 0.1) is 18.3 Å². The van der Waals surface area contributed by atoms with Gasteiger partial charge in [-0.25, -0.2) is 4.39 Å². The number of guanidine groups is 1. The third-order valence-electron chi connectivity index (χ3n) is 4.25. The summed E-state index contributed by atoms with van der Waals surface area (Å²) >= 11 is 5.68. The standard InChI is InChI=1S/C22H29ClFN5O2/c1-22(2,3)29-21(28-20(30)14-7-10-16(23)17(24)11-14)27-19(26)12-18(25)13-5-8-15(31-4)9-6-13/h5-11,18-19H,12,25-26H2,1-4H3,(H2,27,28,29,30). The van der Waals surface area contributed by atoms with Crippen molar-refractivity contribution in [3.05, 3.63) is 64.4 Å². The van der Waals surface area contributed by atoms with Gasteiger partial charge in [0.2, 0.25) is 5.96 Å². The van der Waals surface area contributed by atoms with Crippen molar-refractivity contribution >= 4 is 23.5 Å². The number of hydrogen-bond acceptors (Lipinski definition) is 4. The van der Waals surface area contributed by atoms with Crippen molar-refractivity contribution in [1.29, 1.82) is 0 Å². The molecule has 0 fully saturated rings. The van der Waals surface area contributed by atoms with Crippen LogP contribution in [-0.4, -0.2) is 30.7 Å². The summed E-state index contributed by atoms with van der Waals surface area (Å²) in [5.41, 5.74) is 13.1. The fourth-order valence-corrected chi connectivity index (χ4v) is 2.86. The SMILES string of the molecule is COc1ccc(C(N)CC(N)N/C(=N\C(=O)c2ccc(Cl)c(F)c2)NC(C)(C)C)cc1. The van der Waals surface area contributed by atoms with Crippen LogP contribution in [-0.2, 0) is 0 Å². The number of rotatable bonds is 6. The Balaban J connectivity index is 2.13. The van der Waals surface area contributed by atoms with E-state index in [-0.39, 0.29) is 22.6 Å². The average molecular weight is 450 g/mol. The second-order valence-corrected chi connectivity index (χ2v) is 8.54. The quantitative estimate of drug-likeness (QED) is 0.305. The van der Waals surface area contributed by atoms with Crippen LogP contribution in [0.15, 0.2) is 47.5 Å². The number of benzene rings is 2. The van der Waals surface area contributed by atoms with E-state index in [4.69, 9.17) is 27.8 Å². The fraction of sp³-hybridized carbons (Fsp3) is 0.364. The van der Waals surface area contributed by atoms with Crippen LogP contribution in [0.5, 0.6) is 5.75 Å². The smallest absolute Gasteiger partial charge is 0.280 e. The maximum Gasteiger partial charge on any atom is 0.280 e. The minimum Gasteiger partial charge on any atom is -0.497 e. The molecule has 0 aliphatic heterocycles. The third kappa shape index (κ3) is 7.82. The van der Waals surface area contributed by atoms with Crippen LogP contribution in [0, 0.1) is 5.82 Å². The second-order valence-electron chi connectivity index (χ2n) is 8.14. The van der Waals surface area contributed by atoms with E-state index in [2.05, 4.69) is 15.6 Å². The molecule has 0 spiro atoms. The Morgan fingerprint density at radius 3 is 2.39 bits per heavy atom. The van der Waals surface area contributed by atoms with E-state index in [1.165, 1.54) is 12.1 Å². The number of nitrogens with two attached hydrogens (primary N) is 2. The van der Waals surface area contributed by atoms with E-state index in [9.17, 15) is 9.18 Å². The lowest BCUT2D eigenvalue weighted by Crippen LogP contribution is -2.54. The minimum absolute atomic E-state index is 0.0683. The summed E-state index contributed by atoms with van der Waals surface area (Å²) in [6.45, 7) is 5.72. The molecule has 0 aromatic heterocycles. The van der Waals surface area contributed by atoms with Crippen LogP contribution < -0.4 is 26.8 Å². The number of amides is 1. The molecule has 0 bridgehead atoms. The van der Waals surface area contributed by atoms with E-state index in [1.54, 1.807) is 7.11 Å². The third-order valence-corrected chi connectivity index (χ3v) is 4.55. The number of nitrogens with zero attached hydrogens (tertiary/aromatic N) is 1. The second kappa shape index (κ2) is 10.6. The predicted octanol–water partition coefficient (Wildman–Crippen LogP) is 3.34. The molecule has 6 N–H and O–H groups in total. The maximum atomic E-state index is 13.7. The van der Waals surface area contributed by atoms with Crippen molar-refractivity contribution in [1.82, 2.24) is 10.6 Å². The van der Waals surface area contributed by atoms with Crippen molar-refractivity contribution in [2.75, 3.05) is 7.11 Å². The Bertz CT molecular complexity index is 928. The zero-order valence-electron chi connectivity index (χ0n) is 18.1. The number of carbonyl (C=O) groups excluding carboxylic acids is 1. The topological polar surface area (TPSA) is 115 Å². The molecular formula is C22H29ClFN5O2. The number of ether oxygens (including phenoxy) is 1. The summed E-state index contributed by atoms with van der Waals surface area (Å²) in [7, 11) is 1.59. The Labute approximate surface area is 187 Å². The van der Waals surface area contributed by atoms with Gasteiger partial charge in [0, 0.05) is 17.1 Å². The van der Waals surface area contributed by atoms with Crippen molar-refractivity contribution in [3.63, 3.8) is 0 Å². The molecule has 168 valence electrons. The molecule has 2 aromatic rings. The lowest BCUT2D eigenvalue weighted by Gasteiger charge is -2.27. The van der Waals surface area contributed by atoms with Crippen LogP contribution in [0.4, 0.5) is 4.39 Å². The molecule has 0 heterocycles. The number of carbonyl (C=O) groups is 1. The first-order chi connectivity index (χ1) is 14.5. The Kier molecular flexibility index (Phi) is 8.38. The van der Waals surface area contributed by atoms with E-state index in [1.807, 2.05) is 45.0 Å². The van der Waals surface area contributed by atoms with E-state index in [0.717, 1.165) is 17.4 Å². The molecule has 2 unspecified atom stereocenters. The summed E-state index contributed by atoms with van der Waals surface area (Å²) in [4.78, 5) is 16.6. The maximum absolute atomic E-state index is 13.7. The van der Waals surface area contributed by atoms with Crippen LogP contribution in [0.3, 0.4) is 0 Å². The van der Waals surface area contributed by atoms with Crippen LogP contribution in [0.2, 0.25) is 5.02 Å². The fourth-order valence-electron chi connectivity index (χ4n) is 2.74. The van der Waals surface area contributed by atoms with Crippen molar-refractivity contribution < 1.29 is 13.9 Å². The minimum atomic E-state index is -0.692. The van der Waals surface area contributed by atoms with Gasteiger partial charge >= 0.3 is 0 Å². The summed E-state index contributed by atoms with van der Waals surface area (Å²) < 4.78 is 18.9. The monoisotopic (exact) mass is 449 g/mol. The molecule has 0 saturated carbocycles. The van der Waals surface area contributed by atoms with Gasteiger partial charge in [0.1, 0.15) is 11.6 Å². The summed E-state index contributed by atoms with van der Waals surface area (Å²) in [5.74, 6) is -0.425. The number of nitrogens with one attached hydrogen (secondary N) is 2. The largest absolute Gasteiger partial charge is 0.497 e. The molecule has 2 rings (SSSR count). The zero-order chi connectivity index (χ0) is 23.2. The number of aliphatic imine (C=N–C) groups is 1. The van der Waals surface area contributed by atoms with Gasteiger partial charge in [0.25, 0.3) is 5.91 Å². The molecule has 1 amide bonds. The van der Waals surface area contributed by atoms with Gasteiger partial charge in [-0.05, 0) is 63.1 Å². The van der Waals surface area contributed by atoms with Crippen molar-refractivity contribution in [2.24, 2.45) is 16.5 Å². The molecule has 0 radical (unpaired) electrons. The molecule has 2 aromatic carbocycles. The highest BCUT2D eigenvalue weighted by Gasteiger charge is 2.19. The average Bonchev–Trinajstić information content (AvgIpc) is 2.68. The highest BCUT2D eigenvalue weighted by atomic mass is 35.5. The predicted molar refractivity (Wildman–Crippen MR) is 122 cm³/mol. The molecule has 7 nitrogen and oxygen atoms in total. The van der Waals surface area contributed by atoms with E-state index < -0.39 is 23.4 Å². The van der Waals surface area contributed by atoms with E-state index >= 15 is 0 Å². The van der Waals surface area contributed by atoms with Crippen LogP contribution >= 0.6 is 11.6 Å². The lowest BCUT2D eigenvalue weighted by molar-refractivity contribution is 0.100. The molecule has 0 aliphatic rings. The summed E-state index contributed by atoms with van der Waals surface area (Å²) in [5, 5.41) is 6.03. The van der Waals surface area contributed by atoms with Crippen LogP contribution in [0.25, 0.3) is 0 Å². The molecule has 0 aliphatic carbocycles. The van der Waals surface area contributed by atoms with E-state index in [0.29, 0.717) is 6.42 Å². The first kappa shape index (κ1) is 24.6. The first-order valence-electron chi connectivity index (χ1n) is 9.76. The lowest BCUT2D eigenvalue weighted by atomic mass is 10.0.